The van der Waals surface area contributed by atoms with Crippen LogP contribution in [0, 0.1) is 11.8 Å². The number of methoxy groups -OCH3 is 1. The normalized spacial score (nSPS) is 9.96. The van der Waals surface area contributed by atoms with Crippen LogP contribution < -0.4 is 4.74 Å². The number of carbonyl (C=O) groups excluding carboxylic acids is 1. The fourth-order valence-corrected chi connectivity index (χ4v) is 2.78. The van der Waals surface area contributed by atoms with Crippen LogP contribution in [0.25, 0.3) is 5.69 Å². The lowest BCUT2D eigenvalue weighted by Crippen LogP contribution is -2.04. The van der Waals surface area contributed by atoms with Crippen molar-refractivity contribution >= 4 is 17.7 Å². The quantitative estimate of drug-likeness (QED) is 0.369. The number of thioether (sulfide) groups is 1. The summed E-state index contributed by atoms with van der Waals surface area (Å²) in [4.78, 5) is 11.8. The molecule has 1 aromatic heterocycles. The zero-order valence-electron chi connectivity index (χ0n) is 14.5. The Bertz CT molecular complexity index is 946. The predicted molar refractivity (Wildman–Crippen MR) is 101 cm³/mol. The predicted octanol–water partition coefficient (Wildman–Crippen LogP) is 2.62. The average molecular weight is 380 g/mol. The zero-order chi connectivity index (χ0) is 18.9. The summed E-state index contributed by atoms with van der Waals surface area (Å²) in [6.07, 6.45) is 0. The molecule has 0 bridgehead atoms. The minimum absolute atomic E-state index is 0.0394. The van der Waals surface area contributed by atoms with Gasteiger partial charge in [0.15, 0.2) is 6.61 Å². The van der Waals surface area contributed by atoms with Crippen molar-refractivity contribution in [3.8, 4) is 23.3 Å². The van der Waals surface area contributed by atoms with Gasteiger partial charge in [-0.3, -0.25) is 0 Å². The minimum Gasteiger partial charge on any atom is -0.497 e. The number of carbonyl (C=O) groups is 1. The molecule has 0 saturated carbocycles. The van der Waals surface area contributed by atoms with Gasteiger partial charge in [0, 0.05) is 0 Å². The van der Waals surface area contributed by atoms with E-state index in [-0.39, 0.29) is 12.6 Å². The van der Waals surface area contributed by atoms with Gasteiger partial charge in [-0.2, -0.15) is 4.68 Å². The topological polar surface area (TPSA) is 79.1 Å². The van der Waals surface area contributed by atoms with E-state index in [1.54, 1.807) is 36.1 Å². The maximum Gasteiger partial charge on any atom is 0.339 e. The second-order valence-electron chi connectivity index (χ2n) is 5.16. The van der Waals surface area contributed by atoms with Crippen LogP contribution in [0.1, 0.15) is 10.4 Å². The van der Waals surface area contributed by atoms with Crippen molar-refractivity contribution in [1.82, 2.24) is 20.2 Å². The van der Waals surface area contributed by atoms with Crippen LogP contribution in [0.2, 0.25) is 0 Å². The van der Waals surface area contributed by atoms with Crippen LogP contribution in [0.5, 0.6) is 5.75 Å². The van der Waals surface area contributed by atoms with Gasteiger partial charge in [-0.15, -0.1) is 5.10 Å². The van der Waals surface area contributed by atoms with E-state index in [1.165, 1.54) is 11.8 Å². The number of esters is 1. The highest BCUT2D eigenvalue weighted by atomic mass is 32.2. The van der Waals surface area contributed by atoms with Crippen LogP contribution in [0.4, 0.5) is 0 Å². The number of hydrogen-bond donors (Lipinski definition) is 0. The van der Waals surface area contributed by atoms with Gasteiger partial charge in [-0.25, -0.2) is 4.79 Å². The fraction of sp³-hybridized carbons (Fsp3) is 0.158. The Morgan fingerprint density at radius 2 is 1.89 bits per heavy atom. The number of hydrogen-bond acceptors (Lipinski definition) is 7. The molecule has 27 heavy (non-hydrogen) atoms. The lowest BCUT2D eigenvalue weighted by atomic mass is 10.2. The SMILES string of the molecule is COc1ccc(-n2nnnc2SCC#CCOC(=O)c2ccccc2)cc1. The van der Waals surface area contributed by atoms with Gasteiger partial charge < -0.3 is 9.47 Å². The number of tetrazole rings is 1. The highest BCUT2D eigenvalue weighted by Gasteiger charge is 2.08. The van der Waals surface area contributed by atoms with Crippen molar-refractivity contribution in [3.63, 3.8) is 0 Å². The summed E-state index contributed by atoms with van der Waals surface area (Å²) in [5.41, 5.74) is 1.33. The molecule has 7 nitrogen and oxygen atoms in total. The zero-order valence-corrected chi connectivity index (χ0v) is 15.3. The molecule has 8 heteroatoms. The average Bonchev–Trinajstić information content (AvgIpc) is 3.19. The first-order valence-corrected chi connectivity index (χ1v) is 9.00. The second-order valence-corrected chi connectivity index (χ2v) is 6.10. The van der Waals surface area contributed by atoms with Crippen LogP contribution in [0.3, 0.4) is 0 Å². The molecule has 0 aliphatic carbocycles. The molecular formula is C19H16N4O3S. The third-order valence-electron chi connectivity index (χ3n) is 3.44. The van der Waals surface area contributed by atoms with Crippen LogP contribution in [-0.2, 0) is 4.74 Å². The smallest absolute Gasteiger partial charge is 0.339 e. The molecule has 0 unspecified atom stereocenters. The molecule has 0 radical (unpaired) electrons. The fourth-order valence-electron chi connectivity index (χ4n) is 2.12. The summed E-state index contributed by atoms with van der Waals surface area (Å²) in [6.45, 7) is 0.0394. The Balaban J connectivity index is 1.50. The monoisotopic (exact) mass is 380 g/mol. The van der Waals surface area contributed by atoms with E-state index in [0.29, 0.717) is 16.5 Å². The molecule has 136 valence electrons. The Morgan fingerprint density at radius 1 is 1.11 bits per heavy atom. The number of rotatable bonds is 6. The summed E-state index contributed by atoms with van der Waals surface area (Å²) in [5, 5.41) is 12.3. The van der Waals surface area contributed by atoms with Crippen molar-refractivity contribution in [2.75, 3.05) is 19.5 Å². The molecule has 0 saturated heterocycles. The first kappa shape index (κ1) is 18.5. The number of benzene rings is 2. The van der Waals surface area contributed by atoms with Crippen molar-refractivity contribution in [1.29, 1.82) is 0 Å². The van der Waals surface area contributed by atoms with Gasteiger partial charge in [-0.1, -0.05) is 41.8 Å². The summed E-state index contributed by atoms with van der Waals surface area (Å²) in [5.74, 6) is 6.59. The van der Waals surface area contributed by atoms with E-state index in [1.807, 2.05) is 30.3 Å². The van der Waals surface area contributed by atoms with Crippen LogP contribution in [-0.4, -0.2) is 45.6 Å². The summed E-state index contributed by atoms with van der Waals surface area (Å²) >= 11 is 1.40. The summed E-state index contributed by atoms with van der Waals surface area (Å²) in [7, 11) is 1.61. The molecule has 0 amide bonds. The highest BCUT2D eigenvalue weighted by Crippen LogP contribution is 2.19. The molecule has 0 aliphatic rings. The van der Waals surface area contributed by atoms with Crippen molar-refractivity contribution in [2.45, 2.75) is 5.16 Å². The maximum absolute atomic E-state index is 11.8. The van der Waals surface area contributed by atoms with E-state index >= 15 is 0 Å². The molecule has 3 rings (SSSR count). The standard InChI is InChI=1S/C19H16N4O3S/c1-25-17-11-9-16(10-12-17)23-19(20-21-22-23)27-14-6-5-13-26-18(24)15-7-3-2-4-8-15/h2-4,7-12H,13-14H2,1H3. The first-order valence-electron chi connectivity index (χ1n) is 8.01. The molecule has 0 aliphatic heterocycles. The third kappa shape index (κ3) is 5.09. The molecule has 0 fully saturated rings. The highest BCUT2D eigenvalue weighted by molar-refractivity contribution is 7.99. The Labute approximate surface area is 160 Å². The van der Waals surface area contributed by atoms with Gasteiger partial charge in [0.2, 0.25) is 5.16 Å². The number of ether oxygens (including phenoxy) is 2. The first-order chi connectivity index (χ1) is 13.3. The number of aromatic nitrogens is 4. The van der Waals surface area contributed by atoms with Gasteiger partial charge in [0.1, 0.15) is 5.75 Å². The van der Waals surface area contributed by atoms with Gasteiger partial charge in [-0.05, 0) is 46.8 Å². The van der Waals surface area contributed by atoms with E-state index in [0.717, 1.165) is 11.4 Å². The molecule has 1 heterocycles. The van der Waals surface area contributed by atoms with Gasteiger partial charge >= 0.3 is 5.97 Å². The van der Waals surface area contributed by atoms with E-state index in [4.69, 9.17) is 9.47 Å². The summed E-state index contributed by atoms with van der Waals surface area (Å²) < 4.78 is 11.9. The second kappa shape index (κ2) is 9.40. The van der Waals surface area contributed by atoms with Gasteiger partial charge in [0.25, 0.3) is 0 Å². The molecule has 0 spiro atoms. The lowest BCUT2D eigenvalue weighted by molar-refractivity contribution is 0.0556. The Hall–Kier alpha value is -3.31. The van der Waals surface area contributed by atoms with Gasteiger partial charge in [0.05, 0.1) is 24.1 Å². The van der Waals surface area contributed by atoms with E-state index < -0.39 is 0 Å². The maximum atomic E-state index is 11.8. The van der Waals surface area contributed by atoms with E-state index in [9.17, 15) is 4.79 Å². The minimum atomic E-state index is -0.388. The van der Waals surface area contributed by atoms with Crippen LogP contribution >= 0.6 is 11.8 Å². The molecule has 0 atom stereocenters. The van der Waals surface area contributed by atoms with E-state index in [2.05, 4.69) is 27.4 Å². The largest absolute Gasteiger partial charge is 0.497 e. The summed E-state index contributed by atoms with van der Waals surface area (Å²) in [6, 6.07) is 16.2. The molecule has 3 aromatic rings. The molecular weight excluding hydrogens is 364 g/mol. The van der Waals surface area contributed by atoms with Crippen molar-refractivity contribution < 1.29 is 14.3 Å². The van der Waals surface area contributed by atoms with Crippen molar-refractivity contribution in [3.05, 3.63) is 60.2 Å². The Morgan fingerprint density at radius 3 is 2.63 bits per heavy atom. The lowest BCUT2D eigenvalue weighted by Gasteiger charge is -2.04. The van der Waals surface area contributed by atoms with Crippen molar-refractivity contribution in [2.24, 2.45) is 0 Å². The third-order valence-corrected chi connectivity index (χ3v) is 4.24. The molecule has 0 N–H and O–H groups in total. The molecule has 2 aromatic carbocycles. The van der Waals surface area contributed by atoms with Crippen LogP contribution in [0.15, 0.2) is 59.8 Å². The Kier molecular flexibility index (Phi) is 6.44. The number of nitrogens with zero attached hydrogens (tertiary/aromatic N) is 4.